The van der Waals surface area contributed by atoms with Gasteiger partial charge >= 0.3 is 0 Å². The zero-order chi connectivity index (χ0) is 14.5. The molecule has 1 amide bonds. The lowest BCUT2D eigenvalue weighted by molar-refractivity contribution is 0.102. The highest BCUT2D eigenvalue weighted by Gasteiger charge is 2.08. The van der Waals surface area contributed by atoms with E-state index >= 15 is 0 Å². The van der Waals surface area contributed by atoms with Crippen LogP contribution >= 0.6 is 11.6 Å². The first-order valence-electron chi connectivity index (χ1n) is 5.79. The third kappa shape index (κ3) is 3.08. The smallest absolute Gasteiger partial charge is 0.255 e. The third-order valence-electron chi connectivity index (χ3n) is 2.69. The molecular weight excluding hydrogens is 276 g/mol. The maximum absolute atomic E-state index is 12.0. The number of hydrogen-bond donors (Lipinski definition) is 1. The number of anilines is 1. The summed E-state index contributed by atoms with van der Waals surface area (Å²) in [5.41, 5.74) is 1.55. The Hall–Kier alpha value is -2.51. The Morgan fingerprint density at radius 1 is 1.25 bits per heavy atom. The highest BCUT2D eigenvalue weighted by atomic mass is 35.5. The molecule has 0 aliphatic rings. The Balaban J connectivity index is 2.14. The van der Waals surface area contributed by atoms with Gasteiger partial charge in [0.15, 0.2) is 0 Å². The van der Waals surface area contributed by atoms with Crippen LogP contribution in [0, 0.1) is 11.3 Å². The number of benzene rings is 2. The minimum atomic E-state index is -0.268. The molecule has 2 rings (SSSR count). The van der Waals surface area contributed by atoms with Gasteiger partial charge in [0.2, 0.25) is 0 Å². The van der Waals surface area contributed by atoms with Gasteiger partial charge in [0, 0.05) is 11.3 Å². The number of amides is 1. The van der Waals surface area contributed by atoms with Gasteiger partial charge in [-0.15, -0.1) is 0 Å². The van der Waals surface area contributed by atoms with E-state index in [1.54, 1.807) is 42.5 Å². The highest BCUT2D eigenvalue weighted by molar-refractivity contribution is 6.32. The van der Waals surface area contributed by atoms with E-state index in [1.807, 2.05) is 6.07 Å². The van der Waals surface area contributed by atoms with E-state index in [4.69, 9.17) is 21.6 Å². The number of nitriles is 1. The predicted octanol–water partition coefficient (Wildman–Crippen LogP) is 3.47. The molecule has 0 saturated heterocycles. The van der Waals surface area contributed by atoms with Crippen molar-refractivity contribution in [2.75, 3.05) is 12.4 Å². The van der Waals surface area contributed by atoms with Crippen molar-refractivity contribution >= 4 is 23.2 Å². The number of hydrogen-bond acceptors (Lipinski definition) is 3. The molecule has 0 radical (unpaired) electrons. The van der Waals surface area contributed by atoms with Gasteiger partial charge in [-0.25, -0.2) is 0 Å². The minimum absolute atomic E-state index is 0.268. The first-order valence-corrected chi connectivity index (χ1v) is 6.17. The molecule has 2 aromatic carbocycles. The monoisotopic (exact) mass is 286 g/mol. The number of rotatable bonds is 3. The largest absolute Gasteiger partial charge is 0.495 e. The molecule has 20 heavy (non-hydrogen) atoms. The third-order valence-corrected chi connectivity index (χ3v) is 2.98. The first kappa shape index (κ1) is 13.9. The summed E-state index contributed by atoms with van der Waals surface area (Å²) in [5, 5.41) is 11.9. The fourth-order valence-electron chi connectivity index (χ4n) is 1.64. The van der Waals surface area contributed by atoms with Crippen LogP contribution in [0.15, 0.2) is 42.5 Å². The second-order valence-electron chi connectivity index (χ2n) is 3.99. The summed E-state index contributed by atoms with van der Waals surface area (Å²) in [6.45, 7) is 0. The van der Waals surface area contributed by atoms with Crippen molar-refractivity contribution in [3.05, 3.63) is 58.6 Å². The molecule has 0 fully saturated rings. The zero-order valence-corrected chi connectivity index (χ0v) is 11.4. The van der Waals surface area contributed by atoms with Crippen LogP contribution in [0.1, 0.15) is 15.9 Å². The Morgan fingerprint density at radius 3 is 2.50 bits per heavy atom. The molecule has 100 valence electrons. The highest BCUT2D eigenvalue weighted by Crippen LogP contribution is 2.27. The van der Waals surface area contributed by atoms with Crippen molar-refractivity contribution in [3.8, 4) is 11.8 Å². The van der Waals surface area contributed by atoms with Gasteiger partial charge in [0.1, 0.15) is 5.75 Å². The Morgan fingerprint density at radius 2 is 1.95 bits per heavy atom. The maximum atomic E-state index is 12.0. The normalized spacial score (nSPS) is 9.65. The molecule has 0 spiro atoms. The van der Waals surface area contributed by atoms with Crippen LogP contribution in [0.2, 0.25) is 5.02 Å². The van der Waals surface area contributed by atoms with E-state index < -0.39 is 0 Å². The van der Waals surface area contributed by atoms with Crippen molar-refractivity contribution in [1.29, 1.82) is 5.26 Å². The lowest BCUT2D eigenvalue weighted by atomic mass is 10.1. The van der Waals surface area contributed by atoms with Gasteiger partial charge in [-0.05, 0) is 42.5 Å². The van der Waals surface area contributed by atoms with E-state index in [1.165, 1.54) is 7.11 Å². The molecule has 0 saturated carbocycles. The number of methoxy groups -OCH3 is 1. The lowest BCUT2D eigenvalue weighted by Crippen LogP contribution is -2.11. The summed E-state index contributed by atoms with van der Waals surface area (Å²) in [6.07, 6.45) is 0. The molecule has 0 heterocycles. The lowest BCUT2D eigenvalue weighted by Gasteiger charge is -2.08. The van der Waals surface area contributed by atoms with Crippen LogP contribution in [-0.2, 0) is 0 Å². The Labute approximate surface area is 121 Å². The number of halogens is 1. The van der Waals surface area contributed by atoms with Crippen LogP contribution in [0.25, 0.3) is 0 Å². The van der Waals surface area contributed by atoms with E-state index in [2.05, 4.69) is 5.32 Å². The van der Waals surface area contributed by atoms with Crippen molar-refractivity contribution in [2.45, 2.75) is 0 Å². The average Bonchev–Trinajstić information content (AvgIpc) is 2.47. The van der Waals surface area contributed by atoms with E-state index in [0.29, 0.717) is 27.6 Å². The molecule has 1 N–H and O–H groups in total. The quantitative estimate of drug-likeness (QED) is 0.939. The molecule has 5 heteroatoms. The van der Waals surface area contributed by atoms with E-state index in [0.717, 1.165) is 0 Å². The Bertz CT molecular complexity index is 675. The van der Waals surface area contributed by atoms with Crippen LogP contribution in [0.4, 0.5) is 5.69 Å². The van der Waals surface area contributed by atoms with Crippen LogP contribution in [0.5, 0.6) is 5.75 Å². The number of carbonyl (C=O) groups is 1. The van der Waals surface area contributed by atoms with E-state index in [-0.39, 0.29) is 5.91 Å². The molecule has 2 aromatic rings. The van der Waals surface area contributed by atoms with Crippen molar-refractivity contribution in [3.63, 3.8) is 0 Å². The van der Waals surface area contributed by atoms with Crippen LogP contribution in [-0.4, -0.2) is 13.0 Å². The number of nitrogens with zero attached hydrogens (tertiary/aromatic N) is 1. The molecule has 0 aliphatic carbocycles. The molecule has 0 atom stereocenters. The van der Waals surface area contributed by atoms with Crippen molar-refractivity contribution in [2.24, 2.45) is 0 Å². The van der Waals surface area contributed by atoms with Gasteiger partial charge in [0.05, 0.1) is 23.8 Å². The van der Waals surface area contributed by atoms with Gasteiger partial charge < -0.3 is 10.1 Å². The van der Waals surface area contributed by atoms with Gasteiger partial charge in [-0.3, -0.25) is 4.79 Å². The second kappa shape index (κ2) is 6.09. The molecule has 0 bridgehead atoms. The minimum Gasteiger partial charge on any atom is -0.495 e. The second-order valence-corrected chi connectivity index (χ2v) is 4.40. The average molecular weight is 287 g/mol. The summed E-state index contributed by atoms with van der Waals surface area (Å²) in [5.74, 6) is 0.277. The van der Waals surface area contributed by atoms with E-state index in [9.17, 15) is 4.79 Å². The van der Waals surface area contributed by atoms with Gasteiger partial charge in [-0.1, -0.05) is 11.6 Å². The van der Waals surface area contributed by atoms with Crippen molar-refractivity contribution < 1.29 is 9.53 Å². The fraction of sp³-hybridized carbons (Fsp3) is 0.0667. The molecular formula is C15H11ClN2O2. The summed E-state index contributed by atoms with van der Waals surface area (Å²) < 4.78 is 5.04. The molecule has 0 aromatic heterocycles. The summed E-state index contributed by atoms with van der Waals surface area (Å²) >= 11 is 5.99. The summed E-state index contributed by atoms with van der Waals surface area (Å²) in [4.78, 5) is 12.0. The van der Waals surface area contributed by atoms with Crippen LogP contribution < -0.4 is 10.1 Å². The molecule has 0 aliphatic heterocycles. The predicted molar refractivity (Wildman–Crippen MR) is 77.1 cm³/mol. The summed E-state index contributed by atoms with van der Waals surface area (Å²) in [6, 6.07) is 13.4. The maximum Gasteiger partial charge on any atom is 0.255 e. The molecule has 4 nitrogen and oxygen atoms in total. The number of ether oxygens (including phenoxy) is 1. The van der Waals surface area contributed by atoms with Crippen LogP contribution in [0.3, 0.4) is 0 Å². The first-order chi connectivity index (χ1) is 9.63. The fourth-order valence-corrected chi connectivity index (χ4v) is 1.90. The SMILES string of the molecule is COc1ccc(NC(=O)c2ccc(C#N)cc2)cc1Cl. The van der Waals surface area contributed by atoms with Gasteiger partial charge in [-0.2, -0.15) is 5.26 Å². The van der Waals surface area contributed by atoms with Gasteiger partial charge in [0.25, 0.3) is 5.91 Å². The molecule has 0 unspecified atom stereocenters. The summed E-state index contributed by atoms with van der Waals surface area (Å²) in [7, 11) is 1.52. The zero-order valence-electron chi connectivity index (χ0n) is 10.7. The Kier molecular flexibility index (Phi) is 4.24. The number of carbonyl (C=O) groups excluding carboxylic acids is 1. The topological polar surface area (TPSA) is 62.1 Å². The standard InChI is InChI=1S/C15H11ClN2O2/c1-20-14-7-6-12(8-13(14)16)18-15(19)11-4-2-10(9-17)3-5-11/h2-8H,1H3,(H,18,19). The van der Waals surface area contributed by atoms with Crippen molar-refractivity contribution in [1.82, 2.24) is 0 Å². The number of nitrogens with one attached hydrogen (secondary N) is 1.